The minimum atomic E-state index is 0.226. The number of rotatable bonds is 6. The molecule has 1 atom stereocenters. The maximum Gasteiger partial charge on any atom is 0.0480 e. The van der Waals surface area contributed by atoms with Crippen LogP contribution in [-0.2, 0) is 13.0 Å². The number of nitrogens with zero attached hydrogens (tertiary/aromatic N) is 1. The molecule has 0 spiro atoms. The fraction of sp³-hybridized carbons (Fsp3) is 0.529. The van der Waals surface area contributed by atoms with Gasteiger partial charge in [-0.25, -0.2) is 0 Å². The molecular weight excluding hydrogens is 232 g/mol. The van der Waals surface area contributed by atoms with E-state index < -0.39 is 0 Å². The van der Waals surface area contributed by atoms with Crippen molar-refractivity contribution in [2.24, 2.45) is 11.7 Å². The zero-order chi connectivity index (χ0) is 13.8. The Morgan fingerprint density at radius 1 is 1.16 bits per heavy atom. The molecule has 0 saturated carbocycles. The summed E-state index contributed by atoms with van der Waals surface area (Å²) in [5, 5.41) is 1.34. The molecule has 0 aliphatic heterocycles. The van der Waals surface area contributed by atoms with Crippen LogP contribution in [0.4, 0.5) is 0 Å². The number of nitrogens with two attached hydrogens (primary N) is 1. The Morgan fingerprint density at radius 3 is 2.53 bits per heavy atom. The Morgan fingerprint density at radius 2 is 1.89 bits per heavy atom. The minimum Gasteiger partial charge on any atom is -0.347 e. The number of fused-ring (bicyclic) bond motifs is 1. The first kappa shape index (κ1) is 14.1. The van der Waals surface area contributed by atoms with Crippen LogP contribution in [0.1, 0.15) is 39.2 Å². The van der Waals surface area contributed by atoms with E-state index in [4.69, 9.17) is 5.73 Å². The molecule has 1 aromatic heterocycles. The minimum absolute atomic E-state index is 0.226. The van der Waals surface area contributed by atoms with Crippen LogP contribution in [0.2, 0.25) is 0 Å². The molecule has 2 nitrogen and oxygen atoms in total. The molecule has 2 rings (SSSR count). The molecule has 1 aromatic carbocycles. The lowest BCUT2D eigenvalue weighted by molar-refractivity contribution is 0.425. The molecule has 0 fully saturated rings. The smallest absolute Gasteiger partial charge is 0.0480 e. The molecule has 2 heteroatoms. The normalized spacial score (nSPS) is 13.3. The van der Waals surface area contributed by atoms with Gasteiger partial charge in [-0.1, -0.05) is 32.8 Å². The quantitative estimate of drug-likeness (QED) is 0.835. The van der Waals surface area contributed by atoms with E-state index in [2.05, 4.69) is 55.8 Å². The summed E-state index contributed by atoms with van der Waals surface area (Å²) in [5.74, 6) is 0.777. The molecule has 0 aliphatic rings. The van der Waals surface area contributed by atoms with E-state index in [1.54, 1.807) is 0 Å². The highest BCUT2D eigenvalue weighted by molar-refractivity contribution is 5.80. The van der Waals surface area contributed by atoms with E-state index in [0.717, 1.165) is 18.9 Å². The predicted octanol–water partition coefficient (Wildman–Crippen LogP) is 3.97. The van der Waals surface area contributed by atoms with Crippen molar-refractivity contribution in [3.63, 3.8) is 0 Å². The third kappa shape index (κ3) is 3.38. The molecule has 0 bridgehead atoms. The summed E-state index contributed by atoms with van der Waals surface area (Å²) < 4.78 is 2.39. The van der Waals surface area contributed by atoms with Gasteiger partial charge in [-0.05, 0) is 48.4 Å². The molecule has 19 heavy (non-hydrogen) atoms. The van der Waals surface area contributed by atoms with E-state index >= 15 is 0 Å². The molecule has 2 aromatic rings. The van der Waals surface area contributed by atoms with Crippen LogP contribution in [0.5, 0.6) is 0 Å². The van der Waals surface area contributed by atoms with Gasteiger partial charge >= 0.3 is 0 Å². The van der Waals surface area contributed by atoms with Crippen LogP contribution in [-0.4, -0.2) is 10.6 Å². The van der Waals surface area contributed by atoms with Gasteiger partial charge in [0.2, 0.25) is 0 Å². The van der Waals surface area contributed by atoms with Crippen molar-refractivity contribution in [3.8, 4) is 0 Å². The zero-order valence-electron chi connectivity index (χ0n) is 12.4. The first-order valence-electron chi connectivity index (χ1n) is 7.47. The summed E-state index contributed by atoms with van der Waals surface area (Å²) in [4.78, 5) is 0. The number of hydrogen-bond acceptors (Lipinski definition) is 1. The van der Waals surface area contributed by atoms with Crippen LogP contribution in [0, 0.1) is 5.92 Å². The third-order valence-corrected chi connectivity index (χ3v) is 4.00. The highest BCUT2D eigenvalue weighted by atomic mass is 15.0. The van der Waals surface area contributed by atoms with Gasteiger partial charge in [-0.2, -0.15) is 0 Å². The fourth-order valence-electron chi connectivity index (χ4n) is 2.73. The summed E-state index contributed by atoms with van der Waals surface area (Å²) in [7, 11) is 0. The van der Waals surface area contributed by atoms with Crippen molar-refractivity contribution in [3.05, 3.63) is 36.0 Å². The van der Waals surface area contributed by atoms with E-state index in [-0.39, 0.29) is 6.04 Å². The van der Waals surface area contributed by atoms with Crippen molar-refractivity contribution in [1.82, 2.24) is 4.57 Å². The van der Waals surface area contributed by atoms with Crippen LogP contribution < -0.4 is 5.73 Å². The second-order valence-electron chi connectivity index (χ2n) is 5.73. The van der Waals surface area contributed by atoms with Crippen LogP contribution in [0.15, 0.2) is 30.5 Å². The molecule has 0 aliphatic carbocycles. The Kier molecular flexibility index (Phi) is 4.65. The summed E-state index contributed by atoms with van der Waals surface area (Å²) in [6, 6.07) is 9.19. The van der Waals surface area contributed by atoms with Gasteiger partial charge in [-0.15, -0.1) is 0 Å². The SMILES string of the molecule is CCC(CC)Cn1ccc2cc(CC(C)N)ccc21. The van der Waals surface area contributed by atoms with E-state index in [1.165, 1.54) is 29.3 Å². The molecule has 1 unspecified atom stereocenters. The monoisotopic (exact) mass is 258 g/mol. The average Bonchev–Trinajstić information content (AvgIpc) is 2.77. The topological polar surface area (TPSA) is 30.9 Å². The van der Waals surface area contributed by atoms with Crippen molar-refractivity contribution < 1.29 is 0 Å². The zero-order valence-corrected chi connectivity index (χ0v) is 12.4. The highest BCUT2D eigenvalue weighted by Crippen LogP contribution is 2.21. The van der Waals surface area contributed by atoms with Crippen molar-refractivity contribution >= 4 is 10.9 Å². The number of aromatic nitrogens is 1. The lowest BCUT2D eigenvalue weighted by Crippen LogP contribution is -2.17. The first-order chi connectivity index (χ1) is 9.13. The van der Waals surface area contributed by atoms with E-state index in [9.17, 15) is 0 Å². The molecule has 0 radical (unpaired) electrons. The van der Waals surface area contributed by atoms with Gasteiger partial charge in [0.05, 0.1) is 0 Å². The molecular formula is C17H26N2. The van der Waals surface area contributed by atoms with Crippen LogP contribution >= 0.6 is 0 Å². The number of hydrogen-bond donors (Lipinski definition) is 1. The molecule has 104 valence electrons. The van der Waals surface area contributed by atoms with Crippen molar-refractivity contribution in [2.75, 3.05) is 0 Å². The van der Waals surface area contributed by atoms with E-state index in [1.807, 2.05) is 0 Å². The van der Waals surface area contributed by atoms with Gasteiger partial charge < -0.3 is 10.3 Å². The molecule has 0 amide bonds. The summed E-state index contributed by atoms with van der Waals surface area (Å²) in [6.45, 7) is 7.74. The maximum atomic E-state index is 5.87. The lowest BCUT2D eigenvalue weighted by Gasteiger charge is -2.14. The fourth-order valence-corrected chi connectivity index (χ4v) is 2.73. The summed E-state index contributed by atoms with van der Waals surface area (Å²) in [5.41, 5.74) is 8.55. The Balaban J connectivity index is 2.24. The molecule has 2 N–H and O–H groups in total. The number of benzene rings is 1. The summed E-state index contributed by atoms with van der Waals surface area (Å²) in [6.07, 6.45) is 5.67. The van der Waals surface area contributed by atoms with Crippen LogP contribution in [0.3, 0.4) is 0 Å². The largest absolute Gasteiger partial charge is 0.347 e. The Hall–Kier alpha value is -1.28. The van der Waals surface area contributed by atoms with Crippen LogP contribution in [0.25, 0.3) is 10.9 Å². The lowest BCUT2D eigenvalue weighted by atomic mass is 10.0. The maximum absolute atomic E-state index is 5.87. The predicted molar refractivity (Wildman–Crippen MR) is 83.4 cm³/mol. The standard InChI is InChI=1S/C17H26N2/c1-4-14(5-2)12-19-9-8-16-11-15(10-13(3)18)6-7-17(16)19/h6-9,11,13-14H,4-5,10,12,18H2,1-3H3. The van der Waals surface area contributed by atoms with Crippen molar-refractivity contribution in [2.45, 2.75) is 52.6 Å². The Labute approximate surface area is 116 Å². The van der Waals surface area contributed by atoms with Gasteiger partial charge in [0.25, 0.3) is 0 Å². The van der Waals surface area contributed by atoms with Gasteiger partial charge in [-0.3, -0.25) is 0 Å². The van der Waals surface area contributed by atoms with E-state index in [0.29, 0.717) is 0 Å². The second kappa shape index (κ2) is 6.25. The first-order valence-corrected chi connectivity index (χ1v) is 7.47. The van der Waals surface area contributed by atoms with Gasteiger partial charge in [0.1, 0.15) is 0 Å². The highest BCUT2D eigenvalue weighted by Gasteiger charge is 2.08. The third-order valence-electron chi connectivity index (χ3n) is 4.00. The second-order valence-corrected chi connectivity index (χ2v) is 5.73. The Bertz CT molecular complexity index is 521. The van der Waals surface area contributed by atoms with Gasteiger partial charge in [0, 0.05) is 24.3 Å². The van der Waals surface area contributed by atoms with Gasteiger partial charge in [0.15, 0.2) is 0 Å². The van der Waals surface area contributed by atoms with Crippen molar-refractivity contribution in [1.29, 1.82) is 0 Å². The molecule has 1 heterocycles. The average molecular weight is 258 g/mol. The summed E-state index contributed by atoms with van der Waals surface area (Å²) >= 11 is 0. The molecule has 0 saturated heterocycles.